The average Bonchev–Trinajstić information content (AvgIpc) is 2.82. The predicted octanol–water partition coefficient (Wildman–Crippen LogP) is 7.32. The van der Waals surface area contributed by atoms with Gasteiger partial charge >= 0.3 is 5.97 Å². The van der Waals surface area contributed by atoms with Crippen LogP contribution in [-0.2, 0) is 0 Å². The third kappa shape index (κ3) is 8.37. The van der Waals surface area contributed by atoms with Crippen molar-refractivity contribution in [3.8, 4) is 23.3 Å². The van der Waals surface area contributed by atoms with Gasteiger partial charge in [-0.1, -0.05) is 50.9 Å². The number of carbonyl (C=O) groups is 1. The Balaban J connectivity index is 1.48. The molecule has 3 aromatic rings. The fourth-order valence-corrected chi connectivity index (χ4v) is 3.29. The molecule has 34 heavy (non-hydrogen) atoms. The standard InChI is InChI=1S/C29H28F2O3/c1-2-3-4-5-6-7-18-33-27-16-12-23(13-17-27)9-8-22-10-14-24(15-11-22)29(32)34-28-20-25(30)19-26(31)21-28/h10-17,19-21H,2-7,18H2,1H3. The second-order valence-corrected chi connectivity index (χ2v) is 7.96. The van der Waals surface area contributed by atoms with Crippen LogP contribution in [0.3, 0.4) is 0 Å². The molecule has 0 unspecified atom stereocenters. The Labute approximate surface area is 199 Å². The number of unbranched alkanes of at least 4 members (excludes halogenated alkanes) is 5. The number of esters is 1. The molecule has 0 aliphatic heterocycles. The van der Waals surface area contributed by atoms with Crippen molar-refractivity contribution in [3.05, 3.63) is 95.1 Å². The van der Waals surface area contributed by atoms with Gasteiger partial charge in [0.1, 0.15) is 23.1 Å². The maximum atomic E-state index is 13.2. The van der Waals surface area contributed by atoms with Crippen LogP contribution in [0.2, 0.25) is 0 Å². The Morgan fingerprint density at radius 2 is 1.29 bits per heavy atom. The highest BCUT2D eigenvalue weighted by Gasteiger charge is 2.10. The van der Waals surface area contributed by atoms with Crippen molar-refractivity contribution in [2.45, 2.75) is 45.4 Å². The number of halogens is 2. The monoisotopic (exact) mass is 462 g/mol. The minimum absolute atomic E-state index is 0.189. The summed E-state index contributed by atoms with van der Waals surface area (Å²) in [7, 11) is 0. The molecule has 0 spiro atoms. The number of hydrogen-bond acceptors (Lipinski definition) is 3. The van der Waals surface area contributed by atoms with Gasteiger partial charge in [-0.25, -0.2) is 13.6 Å². The molecule has 0 amide bonds. The summed E-state index contributed by atoms with van der Waals surface area (Å²) in [6, 6.07) is 16.7. The summed E-state index contributed by atoms with van der Waals surface area (Å²) < 4.78 is 37.3. The highest BCUT2D eigenvalue weighted by atomic mass is 19.1. The van der Waals surface area contributed by atoms with Crippen molar-refractivity contribution in [2.75, 3.05) is 6.61 Å². The van der Waals surface area contributed by atoms with Crippen LogP contribution < -0.4 is 9.47 Å². The lowest BCUT2D eigenvalue weighted by Crippen LogP contribution is -2.08. The van der Waals surface area contributed by atoms with E-state index in [4.69, 9.17) is 9.47 Å². The highest BCUT2D eigenvalue weighted by Crippen LogP contribution is 2.17. The Morgan fingerprint density at radius 3 is 1.91 bits per heavy atom. The Kier molecular flexibility index (Phi) is 9.66. The number of carbonyl (C=O) groups excluding carboxylic acids is 1. The van der Waals surface area contributed by atoms with Crippen LogP contribution in [0.25, 0.3) is 0 Å². The van der Waals surface area contributed by atoms with Gasteiger partial charge in [0.25, 0.3) is 0 Å². The Bertz CT molecular complexity index is 1110. The molecule has 0 aliphatic carbocycles. The van der Waals surface area contributed by atoms with Gasteiger partial charge in [0, 0.05) is 29.3 Å². The molecule has 0 bridgehead atoms. The second-order valence-electron chi connectivity index (χ2n) is 7.96. The predicted molar refractivity (Wildman–Crippen MR) is 129 cm³/mol. The summed E-state index contributed by atoms with van der Waals surface area (Å²) >= 11 is 0. The zero-order valence-corrected chi connectivity index (χ0v) is 19.3. The van der Waals surface area contributed by atoms with Crippen LogP contribution >= 0.6 is 0 Å². The van der Waals surface area contributed by atoms with E-state index < -0.39 is 17.6 Å². The molecular formula is C29H28F2O3. The molecule has 0 N–H and O–H groups in total. The van der Waals surface area contributed by atoms with Crippen molar-refractivity contribution in [2.24, 2.45) is 0 Å². The van der Waals surface area contributed by atoms with Gasteiger partial charge in [-0.2, -0.15) is 0 Å². The number of rotatable bonds is 10. The topological polar surface area (TPSA) is 35.5 Å². The first-order valence-electron chi connectivity index (χ1n) is 11.6. The second kappa shape index (κ2) is 13.2. The average molecular weight is 463 g/mol. The summed E-state index contributed by atoms with van der Waals surface area (Å²) in [5.74, 6) is 4.43. The van der Waals surface area contributed by atoms with E-state index in [9.17, 15) is 13.6 Å². The van der Waals surface area contributed by atoms with E-state index in [1.165, 1.54) is 32.1 Å². The third-order valence-electron chi connectivity index (χ3n) is 5.14. The van der Waals surface area contributed by atoms with Crippen LogP contribution in [0.15, 0.2) is 66.7 Å². The number of hydrogen-bond donors (Lipinski definition) is 0. The molecule has 3 rings (SSSR count). The molecule has 0 aliphatic rings. The lowest BCUT2D eigenvalue weighted by atomic mass is 10.1. The maximum absolute atomic E-state index is 13.2. The normalized spacial score (nSPS) is 10.3. The summed E-state index contributed by atoms with van der Waals surface area (Å²) in [4.78, 5) is 12.2. The molecule has 0 heterocycles. The zero-order chi connectivity index (χ0) is 24.2. The largest absolute Gasteiger partial charge is 0.494 e. The van der Waals surface area contributed by atoms with Crippen LogP contribution in [-0.4, -0.2) is 12.6 Å². The van der Waals surface area contributed by atoms with Gasteiger partial charge in [-0.15, -0.1) is 0 Å². The summed E-state index contributed by atoms with van der Waals surface area (Å²) in [6.07, 6.45) is 7.39. The zero-order valence-electron chi connectivity index (χ0n) is 19.3. The first kappa shape index (κ1) is 25.0. The van der Waals surface area contributed by atoms with Crippen molar-refractivity contribution in [1.82, 2.24) is 0 Å². The first-order chi connectivity index (χ1) is 16.5. The quantitative estimate of drug-likeness (QED) is 0.137. The van der Waals surface area contributed by atoms with E-state index in [1.54, 1.807) is 24.3 Å². The summed E-state index contributed by atoms with van der Waals surface area (Å²) in [5.41, 5.74) is 1.82. The van der Waals surface area contributed by atoms with Crippen molar-refractivity contribution < 1.29 is 23.0 Å². The lowest BCUT2D eigenvalue weighted by molar-refractivity contribution is 0.0734. The van der Waals surface area contributed by atoms with Crippen LogP contribution in [0, 0.1) is 23.5 Å². The van der Waals surface area contributed by atoms with Crippen molar-refractivity contribution in [1.29, 1.82) is 0 Å². The number of benzene rings is 3. The molecule has 0 atom stereocenters. The van der Waals surface area contributed by atoms with E-state index in [0.29, 0.717) is 6.07 Å². The van der Waals surface area contributed by atoms with E-state index in [1.807, 2.05) is 24.3 Å². The fraction of sp³-hybridized carbons (Fsp3) is 0.276. The lowest BCUT2D eigenvalue weighted by Gasteiger charge is -2.06. The summed E-state index contributed by atoms with van der Waals surface area (Å²) in [5, 5.41) is 0. The van der Waals surface area contributed by atoms with E-state index in [-0.39, 0.29) is 11.3 Å². The van der Waals surface area contributed by atoms with Gasteiger partial charge in [-0.3, -0.25) is 0 Å². The molecule has 0 aromatic heterocycles. The van der Waals surface area contributed by atoms with Gasteiger partial charge in [0.2, 0.25) is 0 Å². The fourth-order valence-electron chi connectivity index (χ4n) is 3.29. The summed E-state index contributed by atoms with van der Waals surface area (Å²) in [6.45, 7) is 2.94. The smallest absolute Gasteiger partial charge is 0.343 e. The van der Waals surface area contributed by atoms with Crippen LogP contribution in [0.4, 0.5) is 8.78 Å². The minimum atomic E-state index is -0.814. The Morgan fingerprint density at radius 1 is 0.735 bits per heavy atom. The van der Waals surface area contributed by atoms with E-state index in [2.05, 4.69) is 18.8 Å². The Hall–Kier alpha value is -3.65. The van der Waals surface area contributed by atoms with E-state index >= 15 is 0 Å². The molecule has 3 aromatic carbocycles. The van der Waals surface area contributed by atoms with Crippen molar-refractivity contribution in [3.63, 3.8) is 0 Å². The van der Waals surface area contributed by atoms with Gasteiger partial charge < -0.3 is 9.47 Å². The molecule has 0 radical (unpaired) electrons. The molecule has 176 valence electrons. The molecular weight excluding hydrogens is 434 g/mol. The first-order valence-corrected chi connectivity index (χ1v) is 11.6. The minimum Gasteiger partial charge on any atom is -0.494 e. The molecule has 3 nitrogen and oxygen atoms in total. The molecule has 5 heteroatoms. The number of ether oxygens (including phenoxy) is 2. The molecule has 0 saturated heterocycles. The third-order valence-corrected chi connectivity index (χ3v) is 5.14. The maximum Gasteiger partial charge on any atom is 0.343 e. The van der Waals surface area contributed by atoms with Gasteiger partial charge in [-0.05, 0) is 55.0 Å². The van der Waals surface area contributed by atoms with Crippen LogP contribution in [0.1, 0.15) is 66.9 Å². The van der Waals surface area contributed by atoms with Crippen LogP contribution in [0.5, 0.6) is 11.5 Å². The SMILES string of the molecule is CCCCCCCCOc1ccc(C#Cc2ccc(C(=O)Oc3cc(F)cc(F)c3)cc2)cc1. The molecule has 0 saturated carbocycles. The van der Waals surface area contributed by atoms with Crippen molar-refractivity contribution >= 4 is 5.97 Å². The van der Waals surface area contributed by atoms with Gasteiger partial charge in [0.05, 0.1) is 12.2 Å². The molecule has 0 fully saturated rings. The highest BCUT2D eigenvalue weighted by molar-refractivity contribution is 5.91. The van der Waals surface area contributed by atoms with Gasteiger partial charge in [0.15, 0.2) is 0 Å². The van der Waals surface area contributed by atoms with E-state index in [0.717, 1.165) is 42.0 Å².